The van der Waals surface area contributed by atoms with Crippen LogP contribution in [0.1, 0.15) is 26.7 Å². The van der Waals surface area contributed by atoms with Crippen LogP contribution in [0.3, 0.4) is 0 Å². The predicted octanol–water partition coefficient (Wildman–Crippen LogP) is 0.936. The molecule has 0 atom stereocenters. The van der Waals surface area contributed by atoms with Crippen LogP contribution in [0, 0.1) is 0 Å². The quantitative estimate of drug-likeness (QED) is 0.647. The van der Waals surface area contributed by atoms with E-state index in [1.807, 2.05) is 6.08 Å². The van der Waals surface area contributed by atoms with Gasteiger partial charge in [-0.2, -0.15) is 0 Å². The molecule has 1 aliphatic rings. The molecule has 1 amide bonds. The topological polar surface area (TPSA) is 40.5 Å². The fraction of sp³-hybridized carbons (Fsp3) is 0.700. The Hall–Kier alpha value is -0.830. The van der Waals surface area contributed by atoms with Gasteiger partial charge in [0.1, 0.15) is 0 Å². The minimum atomic E-state index is -0.891. The van der Waals surface area contributed by atoms with Crippen LogP contribution in [-0.2, 0) is 4.79 Å². The maximum atomic E-state index is 11.5. The summed E-state index contributed by atoms with van der Waals surface area (Å²) in [5, 5.41) is 9.45. The van der Waals surface area contributed by atoms with E-state index in [9.17, 15) is 9.90 Å². The van der Waals surface area contributed by atoms with E-state index in [0.717, 1.165) is 13.0 Å². The zero-order valence-corrected chi connectivity index (χ0v) is 8.29. The summed E-state index contributed by atoms with van der Waals surface area (Å²) in [6.07, 6.45) is 5.21. The summed E-state index contributed by atoms with van der Waals surface area (Å²) in [7, 11) is 0. The number of rotatable bonds is 2. The molecule has 1 N–H and O–H groups in total. The van der Waals surface area contributed by atoms with Crippen LogP contribution in [-0.4, -0.2) is 34.6 Å². The normalized spacial score (nSPS) is 17.6. The van der Waals surface area contributed by atoms with Crippen LogP contribution < -0.4 is 0 Å². The smallest absolute Gasteiger partial charge is 0.225 e. The highest BCUT2D eigenvalue weighted by molar-refractivity contribution is 5.77. The molecule has 0 fully saturated rings. The van der Waals surface area contributed by atoms with Crippen LogP contribution >= 0.6 is 0 Å². The lowest BCUT2D eigenvalue weighted by Gasteiger charge is -2.26. The molecule has 0 aromatic rings. The summed E-state index contributed by atoms with van der Waals surface area (Å²) in [5.41, 5.74) is -0.891. The first-order chi connectivity index (χ1) is 5.99. The fourth-order valence-electron chi connectivity index (χ4n) is 1.35. The summed E-state index contributed by atoms with van der Waals surface area (Å²) >= 11 is 0. The molecule has 3 nitrogen and oxygen atoms in total. The minimum absolute atomic E-state index is 0.0388. The van der Waals surface area contributed by atoms with Gasteiger partial charge in [-0.25, -0.2) is 0 Å². The first-order valence-electron chi connectivity index (χ1n) is 4.64. The molecule has 0 unspecified atom stereocenters. The average Bonchev–Trinajstić information content (AvgIpc) is 2.03. The Balaban J connectivity index is 2.43. The van der Waals surface area contributed by atoms with Crippen LogP contribution in [0.25, 0.3) is 0 Å². The van der Waals surface area contributed by atoms with Gasteiger partial charge in [0, 0.05) is 13.1 Å². The number of carbonyl (C=O) groups excluding carboxylic acids is 1. The second kappa shape index (κ2) is 3.92. The van der Waals surface area contributed by atoms with Gasteiger partial charge in [0.15, 0.2) is 0 Å². The molecular weight excluding hydrogens is 166 g/mol. The number of aliphatic hydroxyl groups is 1. The van der Waals surface area contributed by atoms with Gasteiger partial charge >= 0.3 is 0 Å². The Kier molecular flexibility index (Phi) is 3.09. The van der Waals surface area contributed by atoms with Gasteiger partial charge in [0.2, 0.25) is 5.91 Å². The van der Waals surface area contributed by atoms with Crippen LogP contribution in [0.15, 0.2) is 12.2 Å². The SMILES string of the molecule is CC(C)(O)CC(=O)N1CC=CCC1. The zero-order valence-electron chi connectivity index (χ0n) is 8.29. The van der Waals surface area contributed by atoms with Crippen molar-refractivity contribution >= 4 is 5.91 Å². The van der Waals surface area contributed by atoms with Crippen molar-refractivity contribution in [3.63, 3.8) is 0 Å². The van der Waals surface area contributed by atoms with Crippen molar-refractivity contribution in [1.82, 2.24) is 4.90 Å². The highest BCUT2D eigenvalue weighted by Crippen LogP contribution is 2.11. The Morgan fingerprint density at radius 3 is 2.69 bits per heavy atom. The molecule has 0 spiro atoms. The molecule has 1 aliphatic heterocycles. The lowest BCUT2D eigenvalue weighted by atomic mass is 10.0. The van der Waals surface area contributed by atoms with E-state index < -0.39 is 5.60 Å². The number of nitrogens with zero attached hydrogens (tertiary/aromatic N) is 1. The molecule has 0 radical (unpaired) electrons. The van der Waals surface area contributed by atoms with E-state index in [1.165, 1.54) is 0 Å². The van der Waals surface area contributed by atoms with E-state index in [0.29, 0.717) is 6.54 Å². The molecule has 0 aromatic carbocycles. The third-order valence-electron chi connectivity index (χ3n) is 1.99. The van der Waals surface area contributed by atoms with E-state index in [4.69, 9.17) is 0 Å². The molecule has 0 aliphatic carbocycles. The van der Waals surface area contributed by atoms with Crippen LogP contribution in [0.4, 0.5) is 0 Å². The number of carbonyl (C=O) groups is 1. The van der Waals surface area contributed by atoms with Crippen molar-refractivity contribution in [2.24, 2.45) is 0 Å². The molecular formula is C10H17NO2. The molecule has 0 bridgehead atoms. The zero-order chi connectivity index (χ0) is 9.90. The molecule has 1 rings (SSSR count). The maximum Gasteiger partial charge on any atom is 0.225 e. The highest BCUT2D eigenvalue weighted by atomic mass is 16.3. The standard InChI is InChI=1S/C10H17NO2/c1-10(2,13)8-9(12)11-6-4-3-5-7-11/h3-4,13H,5-8H2,1-2H3. The molecule has 13 heavy (non-hydrogen) atoms. The fourth-order valence-corrected chi connectivity index (χ4v) is 1.35. The van der Waals surface area contributed by atoms with Crippen LogP contribution in [0.5, 0.6) is 0 Å². The number of hydrogen-bond donors (Lipinski definition) is 1. The third kappa shape index (κ3) is 3.59. The molecule has 0 aromatic heterocycles. The van der Waals surface area contributed by atoms with Crippen molar-refractivity contribution in [3.8, 4) is 0 Å². The summed E-state index contributed by atoms with van der Waals surface area (Å²) in [6, 6.07) is 0. The van der Waals surface area contributed by atoms with E-state index in [1.54, 1.807) is 18.7 Å². The average molecular weight is 183 g/mol. The lowest BCUT2D eigenvalue weighted by Crippen LogP contribution is -2.38. The van der Waals surface area contributed by atoms with Gasteiger partial charge in [-0.15, -0.1) is 0 Å². The van der Waals surface area contributed by atoms with Gasteiger partial charge in [0.25, 0.3) is 0 Å². The number of hydrogen-bond acceptors (Lipinski definition) is 2. The lowest BCUT2D eigenvalue weighted by molar-refractivity contribution is -0.134. The second-order valence-corrected chi connectivity index (χ2v) is 4.09. The Labute approximate surface area is 79.0 Å². The van der Waals surface area contributed by atoms with E-state index in [2.05, 4.69) is 6.08 Å². The number of amides is 1. The Morgan fingerprint density at radius 2 is 2.23 bits per heavy atom. The van der Waals surface area contributed by atoms with Gasteiger partial charge in [-0.3, -0.25) is 4.79 Å². The highest BCUT2D eigenvalue weighted by Gasteiger charge is 2.22. The van der Waals surface area contributed by atoms with Crippen molar-refractivity contribution < 1.29 is 9.90 Å². The van der Waals surface area contributed by atoms with Crippen molar-refractivity contribution in [1.29, 1.82) is 0 Å². The first-order valence-corrected chi connectivity index (χ1v) is 4.64. The van der Waals surface area contributed by atoms with Crippen molar-refractivity contribution in [3.05, 3.63) is 12.2 Å². The molecule has 3 heteroatoms. The molecule has 1 heterocycles. The third-order valence-corrected chi connectivity index (χ3v) is 1.99. The first kappa shape index (κ1) is 10.3. The van der Waals surface area contributed by atoms with Crippen LogP contribution in [0.2, 0.25) is 0 Å². The molecule has 0 saturated carbocycles. The summed E-state index contributed by atoms with van der Waals surface area (Å²) in [4.78, 5) is 13.3. The van der Waals surface area contributed by atoms with E-state index in [-0.39, 0.29) is 12.3 Å². The monoisotopic (exact) mass is 183 g/mol. The van der Waals surface area contributed by atoms with Gasteiger partial charge in [-0.1, -0.05) is 12.2 Å². The molecule has 74 valence electrons. The Morgan fingerprint density at radius 1 is 1.54 bits per heavy atom. The van der Waals surface area contributed by atoms with E-state index >= 15 is 0 Å². The summed E-state index contributed by atoms with van der Waals surface area (Å²) in [5.74, 6) is 0.0388. The largest absolute Gasteiger partial charge is 0.390 e. The van der Waals surface area contributed by atoms with Gasteiger partial charge in [-0.05, 0) is 20.3 Å². The van der Waals surface area contributed by atoms with Crippen molar-refractivity contribution in [2.45, 2.75) is 32.3 Å². The van der Waals surface area contributed by atoms with Crippen molar-refractivity contribution in [2.75, 3.05) is 13.1 Å². The second-order valence-electron chi connectivity index (χ2n) is 4.09. The Bertz CT molecular complexity index is 215. The molecule has 0 saturated heterocycles. The summed E-state index contributed by atoms with van der Waals surface area (Å²) < 4.78 is 0. The van der Waals surface area contributed by atoms with Gasteiger partial charge < -0.3 is 10.0 Å². The maximum absolute atomic E-state index is 11.5. The van der Waals surface area contributed by atoms with Gasteiger partial charge in [0.05, 0.1) is 12.0 Å². The predicted molar refractivity (Wildman–Crippen MR) is 51.3 cm³/mol. The summed E-state index contributed by atoms with van der Waals surface area (Å²) in [6.45, 7) is 4.79. The minimum Gasteiger partial charge on any atom is -0.390 e.